The van der Waals surface area contributed by atoms with Crippen molar-refractivity contribution in [2.75, 3.05) is 10.8 Å². The van der Waals surface area contributed by atoms with E-state index in [2.05, 4.69) is 5.32 Å². The van der Waals surface area contributed by atoms with Crippen LogP contribution in [0.15, 0.2) is 89.8 Å². The Balaban J connectivity index is 1.41. The Labute approximate surface area is 262 Å². The number of sulfonamides is 1. The SMILES string of the molecule is CC(C)NC(=O)C(Cc1ccccc1)N(Cc1ccc(Cl)c(Cl)c1)C(=O)CCCN1c2cccc3cccc(c23)S1(=O)=O. The van der Waals surface area contributed by atoms with Gasteiger partial charge in [0.15, 0.2) is 0 Å². The van der Waals surface area contributed by atoms with Gasteiger partial charge in [-0.15, -0.1) is 0 Å². The summed E-state index contributed by atoms with van der Waals surface area (Å²) in [7, 11) is -3.74. The van der Waals surface area contributed by atoms with E-state index in [-0.39, 0.29) is 48.7 Å². The number of rotatable bonds is 11. The Morgan fingerprint density at radius 3 is 2.30 bits per heavy atom. The van der Waals surface area contributed by atoms with Crippen LogP contribution in [0.1, 0.15) is 37.8 Å². The van der Waals surface area contributed by atoms with Gasteiger partial charge in [-0.1, -0.05) is 83.9 Å². The maximum absolute atomic E-state index is 14.0. The maximum atomic E-state index is 14.0. The first-order chi connectivity index (χ1) is 20.6. The van der Waals surface area contributed by atoms with E-state index < -0.39 is 16.1 Å². The van der Waals surface area contributed by atoms with E-state index in [1.165, 1.54) is 4.31 Å². The molecule has 0 saturated heterocycles. The van der Waals surface area contributed by atoms with Gasteiger partial charge in [0.25, 0.3) is 10.0 Å². The number of carbonyl (C=O) groups excluding carboxylic acids is 2. The number of nitrogens with zero attached hydrogens (tertiary/aromatic N) is 2. The molecule has 4 aromatic rings. The van der Waals surface area contributed by atoms with Crippen molar-refractivity contribution >= 4 is 61.5 Å². The van der Waals surface area contributed by atoms with Crippen molar-refractivity contribution in [2.45, 2.75) is 56.6 Å². The Morgan fingerprint density at radius 1 is 0.884 bits per heavy atom. The highest BCUT2D eigenvalue weighted by Gasteiger charge is 2.36. The quantitative estimate of drug-likeness (QED) is 0.201. The maximum Gasteiger partial charge on any atom is 0.265 e. The van der Waals surface area contributed by atoms with E-state index in [0.717, 1.165) is 16.5 Å². The summed E-state index contributed by atoms with van der Waals surface area (Å²) in [4.78, 5) is 29.4. The molecule has 0 spiro atoms. The number of hydrogen-bond donors (Lipinski definition) is 1. The minimum absolute atomic E-state index is 0.0416. The molecule has 0 aliphatic carbocycles. The summed E-state index contributed by atoms with van der Waals surface area (Å²) in [5, 5.41) is 5.27. The standard InChI is InChI=1S/C33H33Cl2N3O4S/c1-22(2)36-33(40)29(20-23-9-4-3-5-10-23)37(21-24-16-17-26(34)27(35)19-24)31(39)15-8-18-38-28-13-6-11-25-12-7-14-30(32(25)28)43(38,41)42/h3-7,9-14,16-17,19,22,29H,8,15,18,20-21H2,1-2H3,(H,36,40). The van der Waals surface area contributed by atoms with E-state index in [4.69, 9.17) is 23.2 Å². The molecule has 7 nitrogen and oxygen atoms in total. The highest BCUT2D eigenvalue weighted by molar-refractivity contribution is 7.93. The predicted octanol–water partition coefficient (Wildman–Crippen LogP) is 6.60. The second kappa shape index (κ2) is 13.0. The minimum Gasteiger partial charge on any atom is -0.352 e. The van der Waals surface area contributed by atoms with Gasteiger partial charge in [0.2, 0.25) is 11.8 Å². The highest BCUT2D eigenvalue weighted by Crippen LogP contribution is 2.42. The molecule has 0 aromatic heterocycles. The van der Waals surface area contributed by atoms with E-state index in [9.17, 15) is 18.0 Å². The van der Waals surface area contributed by atoms with Crippen molar-refractivity contribution in [1.29, 1.82) is 0 Å². The number of carbonyl (C=O) groups is 2. The zero-order chi connectivity index (χ0) is 30.7. The van der Waals surface area contributed by atoms with Gasteiger partial charge in [0.05, 0.1) is 20.6 Å². The Bertz CT molecular complexity index is 1760. The lowest BCUT2D eigenvalue weighted by Crippen LogP contribution is -2.51. The van der Waals surface area contributed by atoms with Gasteiger partial charge in [-0.05, 0) is 61.0 Å². The molecule has 0 saturated carbocycles. The van der Waals surface area contributed by atoms with Crippen molar-refractivity contribution < 1.29 is 18.0 Å². The van der Waals surface area contributed by atoms with Crippen molar-refractivity contribution in [3.05, 3.63) is 106 Å². The largest absolute Gasteiger partial charge is 0.352 e. The number of anilines is 1. The minimum atomic E-state index is -3.74. The van der Waals surface area contributed by atoms with E-state index >= 15 is 0 Å². The first-order valence-electron chi connectivity index (χ1n) is 14.2. The van der Waals surface area contributed by atoms with Gasteiger partial charge in [-0.25, -0.2) is 8.42 Å². The fraction of sp³-hybridized carbons (Fsp3) is 0.273. The third kappa shape index (κ3) is 6.66. The van der Waals surface area contributed by atoms with Crippen LogP contribution in [0.4, 0.5) is 5.69 Å². The topological polar surface area (TPSA) is 86.8 Å². The number of nitrogens with one attached hydrogen (secondary N) is 1. The first-order valence-corrected chi connectivity index (χ1v) is 16.4. The molecule has 4 aromatic carbocycles. The van der Waals surface area contributed by atoms with Gasteiger partial charge in [0.1, 0.15) is 6.04 Å². The molecule has 0 bridgehead atoms. The van der Waals surface area contributed by atoms with Crippen molar-refractivity contribution in [3.8, 4) is 0 Å². The predicted molar refractivity (Wildman–Crippen MR) is 172 cm³/mol. The summed E-state index contributed by atoms with van der Waals surface area (Å²) in [6, 6.07) is 24.5. The second-order valence-electron chi connectivity index (χ2n) is 11.0. The molecule has 2 amide bonds. The lowest BCUT2D eigenvalue weighted by molar-refractivity contribution is -0.141. The lowest BCUT2D eigenvalue weighted by atomic mass is 10.0. The van der Waals surface area contributed by atoms with Crippen LogP contribution >= 0.6 is 23.2 Å². The highest BCUT2D eigenvalue weighted by atomic mass is 35.5. The number of hydrogen-bond acceptors (Lipinski definition) is 4. The van der Waals surface area contributed by atoms with Crippen LogP contribution in [0.25, 0.3) is 10.8 Å². The van der Waals surface area contributed by atoms with Crippen molar-refractivity contribution in [3.63, 3.8) is 0 Å². The summed E-state index contributed by atoms with van der Waals surface area (Å²) in [6.07, 6.45) is 0.619. The average Bonchev–Trinajstić information content (AvgIpc) is 3.20. The third-order valence-corrected chi connectivity index (χ3v) is 10.1. The van der Waals surface area contributed by atoms with Crippen molar-refractivity contribution in [1.82, 2.24) is 10.2 Å². The molecule has 1 unspecified atom stereocenters. The Morgan fingerprint density at radius 2 is 1.60 bits per heavy atom. The van der Waals surface area contributed by atoms with Gasteiger partial charge in [0, 0.05) is 37.4 Å². The lowest BCUT2D eigenvalue weighted by Gasteiger charge is -2.32. The van der Waals surface area contributed by atoms with Gasteiger partial charge in [-0.3, -0.25) is 13.9 Å². The van der Waals surface area contributed by atoms with Crippen LogP contribution in [-0.4, -0.2) is 43.8 Å². The second-order valence-corrected chi connectivity index (χ2v) is 13.6. The molecular formula is C33H33Cl2N3O4S. The average molecular weight is 639 g/mol. The van der Waals surface area contributed by atoms with E-state index in [0.29, 0.717) is 27.5 Å². The molecule has 1 aliphatic heterocycles. The van der Waals surface area contributed by atoms with Crippen LogP contribution in [0, 0.1) is 0 Å². The molecule has 43 heavy (non-hydrogen) atoms. The third-order valence-electron chi connectivity index (χ3n) is 7.47. The molecule has 1 heterocycles. The van der Waals surface area contributed by atoms with Crippen LogP contribution in [0.5, 0.6) is 0 Å². The zero-order valence-corrected chi connectivity index (χ0v) is 26.3. The van der Waals surface area contributed by atoms with Crippen LogP contribution in [0.3, 0.4) is 0 Å². The van der Waals surface area contributed by atoms with E-state index in [1.54, 1.807) is 41.3 Å². The number of halogens is 2. The Kier molecular flexibility index (Phi) is 9.30. The van der Waals surface area contributed by atoms with Crippen molar-refractivity contribution in [2.24, 2.45) is 0 Å². The van der Waals surface area contributed by atoms with Gasteiger partial charge in [-0.2, -0.15) is 0 Å². The molecule has 1 atom stereocenters. The first kappa shape index (κ1) is 30.9. The number of benzene rings is 4. The fourth-order valence-corrected chi connectivity index (χ4v) is 7.56. The summed E-state index contributed by atoms with van der Waals surface area (Å²) < 4.78 is 28.2. The van der Waals surface area contributed by atoms with Crippen LogP contribution in [-0.2, 0) is 32.6 Å². The Hall–Kier alpha value is -3.59. The molecule has 0 radical (unpaired) electrons. The molecule has 1 aliphatic rings. The molecule has 10 heteroatoms. The summed E-state index contributed by atoms with van der Waals surface area (Å²) in [5.41, 5.74) is 2.25. The molecule has 224 valence electrons. The summed E-state index contributed by atoms with van der Waals surface area (Å²) in [5.74, 6) is -0.533. The van der Waals surface area contributed by atoms with Gasteiger partial charge < -0.3 is 10.2 Å². The number of amides is 2. The summed E-state index contributed by atoms with van der Waals surface area (Å²) >= 11 is 12.4. The van der Waals surface area contributed by atoms with Crippen LogP contribution < -0.4 is 9.62 Å². The monoisotopic (exact) mass is 637 g/mol. The fourth-order valence-electron chi connectivity index (χ4n) is 5.49. The smallest absolute Gasteiger partial charge is 0.265 e. The summed E-state index contributed by atoms with van der Waals surface area (Å²) in [6.45, 7) is 4.00. The van der Waals surface area contributed by atoms with Crippen LogP contribution in [0.2, 0.25) is 10.0 Å². The molecule has 5 rings (SSSR count). The zero-order valence-electron chi connectivity index (χ0n) is 24.0. The van der Waals surface area contributed by atoms with E-state index in [1.807, 2.05) is 62.4 Å². The molecule has 1 N–H and O–H groups in total. The normalized spacial score (nSPS) is 14.2. The molecular weight excluding hydrogens is 605 g/mol. The van der Waals surface area contributed by atoms with Gasteiger partial charge >= 0.3 is 0 Å². The molecule has 0 fully saturated rings.